The van der Waals surface area contributed by atoms with Gasteiger partial charge in [-0.25, -0.2) is 14.2 Å². The van der Waals surface area contributed by atoms with Crippen LogP contribution in [0.2, 0.25) is 0 Å². The van der Waals surface area contributed by atoms with Crippen LogP contribution < -0.4 is 15.4 Å². The summed E-state index contributed by atoms with van der Waals surface area (Å²) >= 11 is 0. The molecule has 2 aromatic carbocycles. The van der Waals surface area contributed by atoms with Crippen molar-refractivity contribution in [3.05, 3.63) is 66.0 Å². The van der Waals surface area contributed by atoms with E-state index < -0.39 is 40.7 Å². The molecule has 2 aliphatic rings. The number of hydrazone groups is 1. The van der Waals surface area contributed by atoms with Gasteiger partial charge in [-0.2, -0.15) is 5.10 Å². The van der Waals surface area contributed by atoms with Gasteiger partial charge in [-0.3, -0.25) is 14.4 Å². The molecule has 2 heterocycles. The number of halogens is 1. The molecule has 218 valence electrons. The number of rotatable bonds is 10. The van der Waals surface area contributed by atoms with Crippen molar-refractivity contribution in [1.29, 1.82) is 0 Å². The van der Waals surface area contributed by atoms with Gasteiger partial charge in [0.05, 0.1) is 12.3 Å². The van der Waals surface area contributed by atoms with E-state index in [9.17, 15) is 23.6 Å². The van der Waals surface area contributed by atoms with Crippen molar-refractivity contribution in [2.24, 2.45) is 10.5 Å². The van der Waals surface area contributed by atoms with E-state index >= 15 is 0 Å². The van der Waals surface area contributed by atoms with E-state index in [4.69, 9.17) is 9.84 Å². The fraction of sp³-hybridized carbons (Fsp3) is 0.414. The number of benzene rings is 2. The first-order chi connectivity index (χ1) is 19.4. The molecule has 12 heteroatoms. The Morgan fingerprint density at radius 2 is 1.83 bits per heavy atom. The maximum Gasteiger partial charge on any atom is 0.405 e. The normalized spacial score (nSPS) is 19.2. The van der Waals surface area contributed by atoms with E-state index in [0.29, 0.717) is 24.3 Å². The number of nitrogens with one attached hydrogen (secondary N) is 2. The van der Waals surface area contributed by atoms with Crippen LogP contribution >= 0.6 is 0 Å². The zero-order chi connectivity index (χ0) is 29.8. The van der Waals surface area contributed by atoms with Gasteiger partial charge in [0, 0.05) is 33.0 Å². The lowest BCUT2D eigenvalue weighted by Gasteiger charge is -2.41. The van der Waals surface area contributed by atoms with Gasteiger partial charge in [0.15, 0.2) is 0 Å². The summed E-state index contributed by atoms with van der Waals surface area (Å²) in [7, 11) is 1.60. The number of amides is 4. The molecule has 0 saturated carbocycles. The monoisotopic (exact) mass is 567 g/mol. The molecular formula is C29H34FN5O6. The van der Waals surface area contributed by atoms with Crippen molar-refractivity contribution in [3.8, 4) is 5.75 Å². The van der Waals surface area contributed by atoms with Crippen LogP contribution in [0, 0.1) is 11.2 Å². The van der Waals surface area contributed by atoms with Crippen LogP contribution in [0.15, 0.2) is 59.7 Å². The number of carbonyl (C=O) groups excluding carboxylic acids is 3. The molecule has 4 rings (SSSR count). The number of carbonyl (C=O) groups is 4. The summed E-state index contributed by atoms with van der Waals surface area (Å²) in [5.74, 6) is -1.37. The van der Waals surface area contributed by atoms with Crippen LogP contribution in [0.25, 0.3) is 0 Å². The molecule has 0 spiro atoms. The molecule has 2 aromatic rings. The van der Waals surface area contributed by atoms with Gasteiger partial charge in [0.2, 0.25) is 11.8 Å². The molecule has 2 aliphatic heterocycles. The summed E-state index contributed by atoms with van der Waals surface area (Å²) in [5.41, 5.74) is -0.919. The number of ether oxygens (including phenoxy) is 1. The first kappa shape index (κ1) is 29.5. The van der Waals surface area contributed by atoms with Gasteiger partial charge in [0.1, 0.15) is 28.6 Å². The summed E-state index contributed by atoms with van der Waals surface area (Å²) in [4.78, 5) is 53.3. The lowest BCUT2D eigenvalue weighted by molar-refractivity contribution is -0.142. The molecule has 1 fully saturated rings. The van der Waals surface area contributed by atoms with E-state index in [1.54, 1.807) is 11.9 Å². The Morgan fingerprint density at radius 3 is 2.49 bits per heavy atom. The lowest BCUT2D eigenvalue weighted by Crippen LogP contribution is -2.62. The molecule has 0 aromatic heterocycles. The fourth-order valence-electron chi connectivity index (χ4n) is 5.18. The molecule has 41 heavy (non-hydrogen) atoms. The summed E-state index contributed by atoms with van der Waals surface area (Å²) in [6, 6.07) is 13.8. The molecule has 1 saturated heterocycles. The second-order valence-corrected chi connectivity index (χ2v) is 10.8. The quantitative estimate of drug-likeness (QED) is 0.403. The van der Waals surface area contributed by atoms with Crippen molar-refractivity contribution < 1.29 is 33.4 Å². The first-order valence-corrected chi connectivity index (χ1v) is 13.3. The standard InChI is InChI=1S/C29H34FN5O6/c1-28(2,32-27(39)40)25(37)31-22(14-16-41-21-11-9-20(30)10-12-21)24(36)35-15-13-23-29(18-35,26(38)34(3)33-23)17-19-7-5-4-6-8-19/h4-12,22,32H,13-18H2,1-3H3,(H,31,37)(H,39,40)/t22-,29-/m1/s1. The first-order valence-electron chi connectivity index (χ1n) is 13.3. The van der Waals surface area contributed by atoms with Gasteiger partial charge in [-0.05, 0) is 50.1 Å². The summed E-state index contributed by atoms with van der Waals surface area (Å²) in [6.07, 6.45) is -0.600. The second kappa shape index (κ2) is 11.9. The van der Waals surface area contributed by atoms with E-state index in [0.717, 1.165) is 5.56 Å². The third kappa shape index (κ3) is 6.64. The third-order valence-corrected chi connectivity index (χ3v) is 7.35. The van der Waals surface area contributed by atoms with Gasteiger partial charge in [0.25, 0.3) is 5.91 Å². The van der Waals surface area contributed by atoms with Gasteiger partial charge in [-0.1, -0.05) is 30.3 Å². The summed E-state index contributed by atoms with van der Waals surface area (Å²) in [6.45, 7) is 3.14. The topological polar surface area (TPSA) is 141 Å². The minimum absolute atomic E-state index is 0.00643. The van der Waals surface area contributed by atoms with Crippen molar-refractivity contribution >= 4 is 29.5 Å². The Balaban J connectivity index is 1.56. The summed E-state index contributed by atoms with van der Waals surface area (Å²) in [5, 5.41) is 19.8. The molecule has 0 aliphatic carbocycles. The Kier molecular flexibility index (Phi) is 8.60. The Bertz CT molecular complexity index is 1330. The predicted molar refractivity (Wildman–Crippen MR) is 148 cm³/mol. The Morgan fingerprint density at radius 1 is 1.15 bits per heavy atom. The number of likely N-dealkylation sites (tertiary alicyclic amines) is 1. The maximum absolute atomic E-state index is 13.9. The lowest BCUT2D eigenvalue weighted by atomic mass is 9.73. The highest BCUT2D eigenvalue weighted by Gasteiger charge is 2.54. The van der Waals surface area contributed by atoms with E-state index in [1.165, 1.54) is 43.1 Å². The summed E-state index contributed by atoms with van der Waals surface area (Å²) < 4.78 is 19.0. The highest BCUT2D eigenvalue weighted by molar-refractivity contribution is 6.13. The molecular weight excluding hydrogens is 533 g/mol. The molecule has 0 unspecified atom stereocenters. The van der Waals surface area contributed by atoms with Crippen LogP contribution in [0.1, 0.15) is 32.3 Å². The van der Waals surface area contributed by atoms with E-state index in [1.807, 2.05) is 30.3 Å². The van der Waals surface area contributed by atoms with Crippen molar-refractivity contribution in [2.45, 2.75) is 44.7 Å². The van der Waals surface area contributed by atoms with Crippen LogP contribution in [0.4, 0.5) is 9.18 Å². The number of hydrogen-bond donors (Lipinski definition) is 3. The van der Waals surface area contributed by atoms with Gasteiger partial charge >= 0.3 is 6.09 Å². The van der Waals surface area contributed by atoms with Crippen molar-refractivity contribution in [2.75, 3.05) is 26.7 Å². The van der Waals surface area contributed by atoms with Crippen molar-refractivity contribution in [3.63, 3.8) is 0 Å². The highest BCUT2D eigenvalue weighted by Crippen LogP contribution is 2.38. The average molecular weight is 568 g/mol. The molecule has 0 radical (unpaired) electrons. The number of nitrogens with zero attached hydrogens (tertiary/aromatic N) is 3. The number of piperidine rings is 1. The predicted octanol–water partition coefficient (Wildman–Crippen LogP) is 2.42. The number of carboxylic acid groups (broad SMARTS) is 1. The third-order valence-electron chi connectivity index (χ3n) is 7.35. The van der Waals surface area contributed by atoms with Gasteiger partial charge in [-0.15, -0.1) is 0 Å². The number of fused-ring (bicyclic) bond motifs is 1. The van der Waals surface area contributed by atoms with Crippen LogP contribution in [0.5, 0.6) is 5.75 Å². The average Bonchev–Trinajstić information content (AvgIpc) is 3.17. The Hall–Kier alpha value is -4.48. The SMILES string of the molecule is CN1N=C2CCN(C(=O)[C@@H](CCOc3ccc(F)cc3)NC(=O)C(C)(C)NC(=O)O)C[C@@]2(Cc2ccccc2)C1=O. The largest absolute Gasteiger partial charge is 0.493 e. The smallest absolute Gasteiger partial charge is 0.405 e. The van der Waals surface area contributed by atoms with E-state index in [2.05, 4.69) is 15.7 Å². The number of hydrogen-bond acceptors (Lipinski definition) is 6. The minimum atomic E-state index is -1.53. The maximum atomic E-state index is 13.9. The van der Waals surface area contributed by atoms with E-state index in [-0.39, 0.29) is 32.0 Å². The van der Waals surface area contributed by atoms with Crippen molar-refractivity contribution in [1.82, 2.24) is 20.5 Å². The van der Waals surface area contributed by atoms with Crippen LogP contribution in [-0.2, 0) is 20.8 Å². The molecule has 0 bridgehead atoms. The zero-order valence-corrected chi connectivity index (χ0v) is 23.2. The highest BCUT2D eigenvalue weighted by atomic mass is 19.1. The molecule has 11 nitrogen and oxygen atoms in total. The fourth-order valence-corrected chi connectivity index (χ4v) is 5.18. The second-order valence-electron chi connectivity index (χ2n) is 10.8. The minimum Gasteiger partial charge on any atom is -0.493 e. The molecule has 3 N–H and O–H groups in total. The molecule has 2 atom stereocenters. The van der Waals surface area contributed by atoms with Gasteiger partial charge < -0.3 is 25.4 Å². The zero-order valence-electron chi connectivity index (χ0n) is 23.2. The Labute approximate surface area is 237 Å². The molecule has 4 amide bonds. The van der Waals surface area contributed by atoms with Crippen LogP contribution in [0.3, 0.4) is 0 Å². The van der Waals surface area contributed by atoms with Crippen LogP contribution in [-0.4, -0.2) is 82.9 Å².